The van der Waals surface area contributed by atoms with E-state index >= 15 is 0 Å². The highest BCUT2D eigenvalue weighted by atomic mass is 19.1. The third-order valence-corrected chi connectivity index (χ3v) is 6.65. The summed E-state index contributed by atoms with van der Waals surface area (Å²) in [4.78, 5) is 17.6. The van der Waals surface area contributed by atoms with Crippen LogP contribution in [0.3, 0.4) is 0 Å². The molecule has 2 unspecified atom stereocenters. The van der Waals surface area contributed by atoms with Crippen LogP contribution in [0.15, 0.2) is 42.5 Å². The number of carbonyl (C=O) groups is 1. The van der Waals surface area contributed by atoms with Crippen molar-refractivity contribution in [2.24, 2.45) is 0 Å². The Bertz CT molecular complexity index is 919. The Balaban J connectivity index is 1.49. The predicted molar refractivity (Wildman–Crippen MR) is 121 cm³/mol. The van der Waals surface area contributed by atoms with Crippen LogP contribution in [0.5, 0.6) is 5.75 Å². The fraction of sp³-hybridized carbons (Fsp3) is 0.480. The summed E-state index contributed by atoms with van der Waals surface area (Å²) in [6.07, 6.45) is 3.67. The Kier molecular flexibility index (Phi) is 6.76. The number of likely N-dealkylation sites (N-methyl/N-ethyl adjacent to an activating group) is 1. The lowest BCUT2D eigenvalue weighted by atomic mass is 10.1. The molecule has 1 saturated heterocycles. The van der Waals surface area contributed by atoms with E-state index in [1.54, 1.807) is 12.1 Å². The van der Waals surface area contributed by atoms with Crippen LogP contribution in [0.4, 0.5) is 10.1 Å². The molecular weight excluding hydrogens is 393 g/mol. The predicted octanol–water partition coefficient (Wildman–Crippen LogP) is 4.21. The number of nitrogens with one attached hydrogen (secondary N) is 1. The molecule has 2 bridgehead atoms. The van der Waals surface area contributed by atoms with Gasteiger partial charge in [0.1, 0.15) is 11.6 Å². The number of aryl methyl sites for hydroxylation is 1. The molecule has 0 spiro atoms. The van der Waals surface area contributed by atoms with Gasteiger partial charge in [-0.3, -0.25) is 9.69 Å². The summed E-state index contributed by atoms with van der Waals surface area (Å²) in [5.74, 6) is 0.183. The van der Waals surface area contributed by atoms with Gasteiger partial charge in [-0.25, -0.2) is 4.39 Å². The molecule has 0 saturated carbocycles. The van der Waals surface area contributed by atoms with Crippen LogP contribution in [-0.4, -0.2) is 54.5 Å². The number of rotatable bonds is 4. The standard InChI is InChI=1S/C25H32FN3O2/c1-18-5-3-6-19-16-29(24(30)12-14-31-23-8-4-7-20(26)15-23)17-22-10-9-21(28(22)2)11-13-27-25(18)19/h3-8,15,21-22,27H,9-14,16-17H2,1-2H3. The van der Waals surface area contributed by atoms with Crippen LogP contribution >= 0.6 is 0 Å². The first-order valence-electron chi connectivity index (χ1n) is 11.2. The lowest BCUT2D eigenvalue weighted by Gasteiger charge is -2.31. The maximum absolute atomic E-state index is 13.4. The number of hydrogen-bond donors (Lipinski definition) is 1. The van der Waals surface area contributed by atoms with Gasteiger partial charge in [0.2, 0.25) is 5.91 Å². The molecule has 31 heavy (non-hydrogen) atoms. The Labute approximate surface area is 184 Å². The van der Waals surface area contributed by atoms with Gasteiger partial charge in [0.15, 0.2) is 0 Å². The molecule has 0 radical (unpaired) electrons. The molecule has 2 atom stereocenters. The number of nitrogens with zero attached hydrogens (tertiary/aromatic N) is 2. The number of carbonyl (C=O) groups excluding carboxylic acids is 1. The van der Waals surface area contributed by atoms with E-state index in [1.807, 2.05) is 4.90 Å². The molecule has 2 aliphatic heterocycles. The summed E-state index contributed by atoms with van der Waals surface area (Å²) >= 11 is 0. The van der Waals surface area contributed by atoms with Crippen molar-refractivity contribution in [1.29, 1.82) is 0 Å². The summed E-state index contributed by atoms with van der Waals surface area (Å²) < 4.78 is 19.0. The average molecular weight is 426 g/mol. The lowest BCUT2D eigenvalue weighted by Crippen LogP contribution is -2.43. The van der Waals surface area contributed by atoms with E-state index in [0.29, 0.717) is 24.4 Å². The third kappa shape index (κ3) is 5.18. The number of fused-ring (bicyclic) bond motifs is 3. The molecule has 0 aliphatic carbocycles. The van der Waals surface area contributed by atoms with Gasteiger partial charge in [0, 0.05) is 43.5 Å². The van der Waals surface area contributed by atoms with Gasteiger partial charge in [0.25, 0.3) is 0 Å². The highest BCUT2D eigenvalue weighted by Gasteiger charge is 2.33. The lowest BCUT2D eigenvalue weighted by molar-refractivity contribution is -0.133. The van der Waals surface area contributed by atoms with Gasteiger partial charge in [-0.05, 0) is 56.5 Å². The summed E-state index contributed by atoms with van der Waals surface area (Å²) in [7, 11) is 2.19. The van der Waals surface area contributed by atoms with Gasteiger partial charge in [-0.15, -0.1) is 0 Å². The Morgan fingerprint density at radius 2 is 1.97 bits per heavy atom. The van der Waals surface area contributed by atoms with Crippen molar-refractivity contribution in [3.05, 3.63) is 59.4 Å². The number of para-hydroxylation sites is 1. The number of ether oxygens (including phenoxy) is 1. The Morgan fingerprint density at radius 1 is 1.16 bits per heavy atom. The number of amides is 1. The van der Waals surface area contributed by atoms with Crippen molar-refractivity contribution in [3.63, 3.8) is 0 Å². The minimum absolute atomic E-state index is 0.0694. The van der Waals surface area contributed by atoms with Gasteiger partial charge in [-0.1, -0.05) is 24.3 Å². The summed E-state index contributed by atoms with van der Waals surface area (Å²) in [5, 5.41) is 3.64. The van der Waals surface area contributed by atoms with Crippen LogP contribution in [-0.2, 0) is 11.3 Å². The molecular formula is C25H32FN3O2. The molecule has 2 aliphatic rings. The van der Waals surface area contributed by atoms with Crippen molar-refractivity contribution in [2.45, 2.75) is 51.2 Å². The maximum atomic E-state index is 13.4. The van der Waals surface area contributed by atoms with Crippen LogP contribution in [0.2, 0.25) is 0 Å². The van der Waals surface area contributed by atoms with Crippen molar-refractivity contribution in [3.8, 4) is 5.75 Å². The quantitative estimate of drug-likeness (QED) is 0.797. The van der Waals surface area contributed by atoms with E-state index < -0.39 is 0 Å². The molecule has 4 rings (SSSR count). The van der Waals surface area contributed by atoms with Crippen LogP contribution in [0.25, 0.3) is 0 Å². The molecule has 166 valence electrons. The molecule has 0 aromatic heterocycles. The summed E-state index contributed by atoms with van der Waals surface area (Å²) in [6.45, 7) is 4.59. The normalized spacial score (nSPS) is 21.7. The average Bonchev–Trinajstić information content (AvgIpc) is 3.07. The summed E-state index contributed by atoms with van der Waals surface area (Å²) in [6, 6.07) is 13.3. The fourth-order valence-corrected chi connectivity index (χ4v) is 4.82. The fourth-order valence-electron chi connectivity index (χ4n) is 4.82. The monoisotopic (exact) mass is 425 g/mol. The van der Waals surface area contributed by atoms with E-state index in [-0.39, 0.29) is 24.8 Å². The van der Waals surface area contributed by atoms with Crippen molar-refractivity contribution in [2.75, 3.05) is 32.1 Å². The van der Waals surface area contributed by atoms with Gasteiger partial charge >= 0.3 is 0 Å². The molecule has 2 aromatic rings. The highest BCUT2D eigenvalue weighted by molar-refractivity contribution is 5.76. The SMILES string of the molecule is Cc1cccc2c1NCCC1CCC(CN(C(=O)CCOc3cccc(F)c3)C2)N1C. The topological polar surface area (TPSA) is 44.8 Å². The van der Waals surface area contributed by atoms with Crippen LogP contribution in [0.1, 0.15) is 36.8 Å². The third-order valence-electron chi connectivity index (χ3n) is 6.65. The van der Waals surface area contributed by atoms with E-state index in [1.165, 1.54) is 24.1 Å². The van der Waals surface area contributed by atoms with Gasteiger partial charge in [-0.2, -0.15) is 0 Å². The zero-order valence-electron chi connectivity index (χ0n) is 18.4. The molecule has 1 N–H and O–H groups in total. The van der Waals surface area contributed by atoms with E-state index in [9.17, 15) is 9.18 Å². The molecule has 1 fully saturated rings. The highest BCUT2D eigenvalue weighted by Crippen LogP contribution is 2.29. The van der Waals surface area contributed by atoms with Crippen molar-refractivity contribution in [1.82, 2.24) is 9.80 Å². The van der Waals surface area contributed by atoms with Gasteiger partial charge in [0.05, 0.1) is 13.0 Å². The van der Waals surface area contributed by atoms with E-state index in [0.717, 1.165) is 37.2 Å². The van der Waals surface area contributed by atoms with E-state index in [2.05, 4.69) is 42.4 Å². The smallest absolute Gasteiger partial charge is 0.226 e. The number of anilines is 1. The second-order valence-corrected chi connectivity index (χ2v) is 8.71. The molecule has 2 heterocycles. The second kappa shape index (κ2) is 9.69. The summed E-state index contributed by atoms with van der Waals surface area (Å²) in [5.41, 5.74) is 3.51. The minimum Gasteiger partial charge on any atom is -0.493 e. The van der Waals surface area contributed by atoms with Crippen molar-refractivity contribution < 1.29 is 13.9 Å². The zero-order valence-corrected chi connectivity index (χ0v) is 18.4. The largest absolute Gasteiger partial charge is 0.493 e. The molecule has 2 aromatic carbocycles. The maximum Gasteiger partial charge on any atom is 0.226 e. The molecule has 1 amide bonds. The first kappa shape index (κ1) is 21.6. The van der Waals surface area contributed by atoms with E-state index in [4.69, 9.17) is 4.74 Å². The van der Waals surface area contributed by atoms with Crippen LogP contribution in [0, 0.1) is 12.7 Å². The zero-order chi connectivity index (χ0) is 21.8. The first-order chi connectivity index (χ1) is 15.0. The van der Waals surface area contributed by atoms with Crippen LogP contribution < -0.4 is 10.1 Å². The number of hydrogen-bond acceptors (Lipinski definition) is 4. The molecule has 6 heteroatoms. The Hall–Kier alpha value is -2.60. The van der Waals surface area contributed by atoms with Gasteiger partial charge < -0.3 is 15.0 Å². The minimum atomic E-state index is -0.339. The molecule has 5 nitrogen and oxygen atoms in total. The Morgan fingerprint density at radius 3 is 2.81 bits per heavy atom. The first-order valence-corrected chi connectivity index (χ1v) is 11.2. The number of halogens is 1. The number of benzene rings is 2. The van der Waals surface area contributed by atoms with Crippen molar-refractivity contribution >= 4 is 11.6 Å². The second-order valence-electron chi connectivity index (χ2n) is 8.71.